The van der Waals surface area contributed by atoms with Crippen molar-refractivity contribution in [3.63, 3.8) is 0 Å². The molecular formula is C31H24BrClN2O3. The molecule has 1 amide bonds. The van der Waals surface area contributed by atoms with Crippen LogP contribution in [0, 0.1) is 18.3 Å². The van der Waals surface area contributed by atoms with Crippen LogP contribution in [-0.4, -0.2) is 5.91 Å². The fraction of sp³-hybridized carbons (Fsp3) is 0.0968. The van der Waals surface area contributed by atoms with Crippen molar-refractivity contribution in [3.05, 3.63) is 128 Å². The van der Waals surface area contributed by atoms with Gasteiger partial charge in [-0.3, -0.25) is 4.79 Å². The lowest BCUT2D eigenvalue weighted by Gasteiger charge is -2.10. The number of nitriles is 1. The van der Waals surface area contributed by atoms with Crippen molar-refractivity contribution in [2.24, 2.45) is 0 Å². The molecule has 0 aliphatic rings. The van der Waals surface area contributed by atoms with Gasteiger partial charge >= 0.3 is 0 Å². The van der Waals surface area contributed by atoms with E-state index in [9.17, 15) is 10.1 Å². The Kier molecular flexibility index (Phi) is 9.21. The van der Waals surface area contributed by atoms with Crippen LogP contribution in [0.3, 0.4) is 0 Å². The molecule has 0 heterocycles. The average molecular weight is 588 g/mol. The van der Waals surface area contributed by atoms with Gasteiger partial charge in [0.2, 0.25) is 0 Å². The van der Waals surface area contributed by atoms with E-state index in [-0.39, 0.29) is 5.57 Å². The third-order valence-corrected chi connectivity index (χ3v) is 6.41. The first-order valence-corrected chi connectivity index (χ1v) is 12.9. The molecule has 190 valence electrons. The maximum Gasteiger partial charge on any atom is 0.266 e. The summed E-state index contributed by atoms with van der Waals surface area (Å²) >= 11 is 9.53. The van der Waals surface area contributed by atoms with E-state index in [0.717, 1.165) is 11.1 Å². The van der Waals surface area contributed by atoms with E-state index in [1.54, 1.807) is 42.5 Å². The molecule has 0 saturated heterocycles. The number of nitrogens with zero attached hydrogens (tertiary/aromatic N) is 1. The standard InChI is InChI=1S/C31H24BrClN2O3/c1-21-5-7-22(8-6-21)19-37-28-12-10-27(11-13-28)35-31(36)25(18-34)15-23-9-14-30(29(32)17-23)38-20-24-3-2-4-26(33)16-24/h2-17H,19-20H2,1H3,(H,35,36)/b25-15+. The number of rotatable bonds is 9. The van der Waals surface area contributed by atoms with E-state index in [4.69, 9.17) is 21.1 Å². The van der Waals surface area contributed by atoms with Gasteiger partial charge in [0.1, 0.15) is 36.4 Å². The summed E-state index contributed by atoms with van der Waals surface area (Å²) in [4.78, 5) is 12.7. The molecule has 0 unspecified atom stereocenters. The highest BCUT2D eigenvalue weighted by atomic mass is 79.9. The highest BCUT2D eigenvalue weighted by Gasteiger charge is 2.11. The number of carbonyl (C=O) groups excluding carboxylic acids is 1. The Labute approximate surface area is 235 Å². The van der Waals surface area contributed by atoms with Crippen LogP contribution in [0.2, 0.25) is 5.02 Å². The number of halogens is 2. The molecule has 0 spiro atoms. The molecule has 0 radical (unpaired) electrons. The monoisotopic (exact) mass is 586 g/mol. The predicted octanol–water partition coefficient (Wildman–Crippen LogP) is 8.11. The van der Waals surface area contributed by atoms with Crippen LogP contribution < -0.4 is 14.8 Å². The Morgan fingerprint density at radius 2 is 1.68 bits per heavy atom. The third-order valence-electron chi connectivity index (χ3n) is 5.55. The first-order chi connectivity index (χ1) is 18.4. The molecule has 0 aromatic heterocycles. The van der Waals surface area contributed by atoms with Gasteiger partial charge in [0, 0.05) is 10.7 Å². The second-order valence-corrected chi connectivity index (χ2v) is 9.82. The lowest BCUT2D eigenvalue weighted by Crippen LogP contribution is -2.13. The molecule has 0 atom stereocenters. The van der Waals surface area contributed by atoms with Crippen LogP contribution in [-0.2, 0) is 18.0 Å². The number of ether oxygens (including phenoxy) is 2. The summed E-state index contributed by atoms with van der Waals surface area (Å²) in [6.45, 7) is 2.85. The van der Waals surface area contributed by atoms with Gasteiger partial charge in [-0.1, -0.05) is 59.6 Å². The number of amides is 1. The second kappa shape index (κ2) is 13.0. The molecule has 4 aromatic carbocycles. The van der Waals surface area contributed by atoms with E-state index in [2.05, 4.69) is 21.2 Å². The Bertz CT molecular complexity index is 1490. The second-order valence-electron chi connectivity index (χ2n) is 8.53. The topological polar surface area (TPSA) is 71.3 Å². The summed E-state index contributed by atoms with van der Waals surface area (Å²) in [6.07, 6.45) is 1.53. The van der Waals surface area contributed by atoms with Crippen molar-refractivity contribution in [2.45, 2.75) is 20.1 Å². The van der Waals surface area contributed by atoms with Gasteiger partial charge in [-0.05, 0) is 94.2 Å². The first kappa shape index (κ1) is 27.0. The normalized spacial score (nSPS) is 10.9. The Morgan fingerprint density at radius 1 is 0.947 bits per heavy atom. The summed E-state index contributed by atoms with van der Waals surface area (Å²) in [5, 5.41) is 13.0. The number of anilines is 1. The van der Waals surface area contributed by atoms with Gasteiger partial charge in [0.05, 0.1) is 4.47 Å². The molecule has 1 N–H and O–H groups in total. The van der Waals surface area contributed by atoms with Gasteiger partial charge in [0.15, 0.2) is 0 Å². The van der Waals surface area contributed by atoms with Crippen molar-refractivity contribution in [3.8, 4) is 17.6 Å². The summed E-state index contributed by atoms with van der Waals surface area (Å²) < 4.78 is 12.4. The SMILES string of the molecule is Cc1ccc(COc2ccc(NC(=O)/C(C#N)=C/c3ccc(OCc4cccc(Cl)c4)c(Br)c3)cc2)cc1. The molecule has 0 aliphatic heterocycles. The van der Waals surface area contributed by atoms with E-state index < -0.39 is 5.91 Å². The highest BCUT2D eigenvalue weighted by molar-refractivity contribution is 9.10. The van der Waals surface area contributed by atoms with E-state index in [1.807, 2.05) is 61.5 Å². The molecule has 38 heavy (non-hydrogen) atoms. The number of hydrogen-bond donors (Lipinski definition) is 1. The van der Waals surface area contributed by atoms with E-state index >= 15 is 0 Å². The summed E-state index contributed by atoms with van der Waals surface area (Å²) in [5.74, 6) is 0.815. The van der Waals surface area contributed by atoms with Gasteiger partial charge in [-0.25, -0.2) is 0 Å². The van der Waals surface area contributed by atoms with E-state index in [1.165, 1.54) is 11.6 Å². The summed E-state index contributed by atoms with van der Waals surface area (Å²) in [5.41, 5.74) is 4.43. The zero-order chi connectivity index (χ0) is 26.9. The lowest BCUT2D eigenvalue weighted by molar-refractivity contribution is -0.112. The smallest absolute Gasteiger partial charge is 0.266 e. The zero-order valence-corrected chi connectivity index (χ0v) is 22.9. The van der Waals surface area contributed by atoms with Gasteiger partial charge < -0.3 is 14.8 Å². The Hall–Kier alpha value is -4.05. The van der Waals surface area contributed by atoms with Gasteiger partial charge in [-0.2, -0.15) is 5.26 Å². The van der Waals surface area contributed by atoms with Crippen LogP contribution in [0.15, 0.2) is 101 Å². The van der Waals surface area contributed by atoms with Crippen LogP contribution in [0.25, 0.3) is 6.08 Å². The van der Waals surface area contributed by atoms with Crippen molar-refractivity contribution < 1.29 is 14.3 Å². The van der Waals surface area contributed by atoms with Crippen LogP contribution in [0.4, 0.5) is 5.69 Å². The molecule has 0 bridgehead atoms. The quantitative estimate of drug-likeness (QED) is 0.159. The van der Waals surface area contributed by atoms with Crippen LogP contribution in [0.1, 0.15) is 22.3 Å². The maximum absolute atomic E-state index is 12.7. The van der Waals surface area contributed by atoms with Gasteiger partial charge in [-0.15, -0.1) is 0 Å². The minimum Gasteiger partial charge on any atom is -0.489 e. The van der Waals surface area contributed by atoms with Crippen LogP contribution >= 0.6 is 27.5 Å². The molecular weight excluding hydrogens is 564 g/mol. The van der Waals surface area contributed by atoms with Crippen molar-refractivity contribution in [1.82, 2.24) is 0 Å². The molecule has 5 nitrogen and oxygen atoms in total. The molecule has 7 heteroatoms. The zero-order valence-electron chi connectivity index (χ0n) is 20.6. The lowest BCUT2D eigenvalue weighted by atomic mass is 10.1. The molecule has 0 aliphatic carbocycles. The minimum absolute atomic E-state index is 0.0239. The molecule has 0 fully saturated rings. The number of aryl methyl sites for hydroxylation is 1. The van der Waals surface area contributed by atoms with Crippen molar-refractivity contribution in [1.29, 1.82) is 5.26 Å². The van der Waals surface area contributed by atoms with Crippen LogP contribution in [0.5, 0.6) is 11.5 Å². The highest BCUT2D eigenvalue weighted by Crippen LogP contribution is 2.28. The largest absolute Gasteiger partial charge is 0.489 e. The number of benzene rings is 4. The number of nitrogens with one attached hydrogen (secondary N) is 1. The summed E-state index contributed by atoms with van der Waals surface area (Å²) in [7, 11) is 0. The predicted molar refractivity (Wildman–Crippen MR) is 154 cm³/mol. The van der Waals surface area contributed by atoms with Crippen molar-refractivity contribution >= 4 is 45.2 Å². The average Bonchev–Trinajstić information content (AvgIpc) is 2.91. The first-order valence-electron chi connectivity index (χ1n) is 11.8. The molecule has 0 saturated carbocycles. The third kappa shape index (κ3) is 7.72. The number of carbonyl (C=O) groups is 1. The summed E-state index contributed by atoms with van der Waals surface area (Å²) in [6, 6.07) is 29.9. The molecule has 4 aromatic rings. The number of hydrogen-bond acceptors (Lipinski definition) is 4. The molecule has 4 rings (SSSR count). The maximum atomic E-state index is 12.7. The Morgan fingerprint density at radius 3 is 2.37 bits per heavy atom. The Balaban J connectivity index is 1.35. The van der Waals surface area contributed by atoms with Gasteiger partial charge in [0.25, 0.3) is 5.91 Å². The fourth-order valence-electron chi connectivity index (χ4n) is 3.51. The van der Waals surface area contributed by atoms with E-state index in [0.29, 0.717) is 45.5 Å². The fourth-order valence-corrected chi connectivity index (χ4v) is 4.23. The minimum atomic E-state index is -0.502. The van der Waals surface area contributed by atoms with Crippen molar-refractivity contribution in [2.75, 3.05) is 5.32 Å².